The molecule has 1 aromatic carbocycles. The standard InChI is InChI=1S/C35H45NO9/c1-33-15-13-23(37)18-22(33)9-10-24-25-14-16-35(43,34(25,2)19-27(38)31(24)33)28(39)20-45-30(41)12-11-29(40)36-26(32(42)44-3)17-21-7-5-4-6-8-21/h4-8,18,24-27,31,38,43H,9-17,19-20H2,1-3H3,(H,36,40)/t24-,25-,26+,27-,31+,33-,34-,35-/m0/s1. The van der Waals surface area contributed by atoms with E-state index in [0.717, 1.165) is 24.0 Å². The van der Waals surface area contributed by atoms with Crippen LogP contribution >= 0.6 is 0 Å². The first-order valence-corrected chi connectivity index (χ1v) is 16.1. The Morgan fingerprint density at radius 2 is 1.78 bits per heavy atom. The minimum Gasteiger partial charge on any atom is -0.467 e. The van der Waals surface area contributed by atoms with Gasteiger partial charge in [-0.1, -0.05) is 49.8 Å². The Hall–Kier alpha value is -3.37. The first kappa shape index (κ1) is 33.0. The fourth-order valence-electron chi connectivity index (χ4n) is 9.16. The van der Waals surface area contributed by atoms with Crippen molar-refractivity contribution in [2.75, 3.05) is 13.7 Å². The highest BCUT2D eigenvalue weighted by Gasteiger charge is 2.68. The van der Waals surface area contributed by atoms with E-state index in [0.29, 0.717) is 19.3 Å². The number of aliphatic hydroxyl groups is 2. The normalized spacial score (nSPS) is 34.3. The monoisotopic (exact) mass is 623 g/mol. The molecule has 0 aromatic heterocycles. The Balaban J connectivity index is 1.16. The number of ketones is 2. The molecule has 0 aliphatic heterocycles. The number of carbonyl (C=O) groups excluding carboxylic acids is 5. The fraction of sp³-hybridized carbons (Fsp3) is 0.629. The van der Waals surface area contributed by atoms with E-state index in [2.05, 4.69) is 12.2 Å². The highest BCUT2D eigenvalue weighted by molar-refractivity contribution is 5.92. The van der Waals surface area contributed by atoms with Crippen LogP contribution in [0.5, 0.6) is 0 Å². The van der Waals surface area contributed by atoms with Crippen molar-refractivity contribution in [1.29, 1.82) is 0 Å². The average Bonchev–Trinajstić information content (AvgIpc) is 3.29. The van der Waals surface area contributed by atoms with Gasteiger partial charge in [0, 0.05) is 24.7 Å². The number of methoxy groups -OCH3 is 1. The number of amides is 1. The van der Waals surface area contributed by atoms with Gasteiger partial charge < -0.3 is 25.0 Å². The molecule has 0 unspecified atom stereocenters. The van der Waals surface area contributed by atoms with Crippen LogP contribution < -0.4 is 5.32 Å². The zero-order valence-electron chi connectivity index (χ0n) is 26.4. The number of rotatable bonds is 10. The van der Waals surface area contributed by atoms with Crippen molar-refractivity contribution in [2.45, 2.75) is 95.8 Å². The van der Waals surface area contributed by atoms with Gasteiger partial charge in [-0.3, -0.25) is 19.2 Å². The lowest BCUT2D eigenvalue weighted by atomic mass is 9.45. The van der Waals surface area contributed by atoms with Gasteiger partial charge in [-0.2, -0.15) is 0 Å². The lowest BCUT2D eigenvalue weighted by Crippen LogP contribution is -2.62. The molecule has 3 saturated carbocycles. The number of ether oxygens (including phenoxy) is 2. The zero-order valence-corrected chi connectivity index (χ0v) is 26.4. The molecule has 5 rings (SSSR count). The summed E-state index contributed by atoms with van der Waals surface area (Å²) in [4.78, 5) is 63.0. The van der Waals surface area contributed by atoms with Gasteiger partial charge in [0.15, 0.2) is 12.4 Å². The number of benzene rings is 1. The molecule has 244 valence electrons. The van der Waals surface area contributed by atoms with Crippen LogP contribution in [0.25, 0.3) is 0 Å². The Morgan fingerprint density at radius 3 is 2.49 bits per heavy atom. The average molecular weight is 624 g/mol. The third-order valence-corrected chi connectivity index (χ3v) is 11.5. The molecule has 0 heterocycles. The number of esters is 2. The number of hydrogen-bond acceptors (Lipinski definition) is 9. The van der Waals surface area contributed by atoms with Crippen LogP contribution in [0, 0.1) is 28.6 Å². The van der Waals surface area contributed by atoms with Crippen LogP contribution in [0.4, 0.5) is 0 Å². The van der Waals surface area contributed by atoms with E-state index in [1.54, 1.807) is 6.08 Å². The molecule has 0 spiro atoms. The largest absolute Gasteiger partial charge is 0.467 e. The lowest BCUT2D eigenvalue weighted by Gasteiger charge is -2.60. The summed E-state index contributed by atoms with van der Waals surface area (Å²) in [5, 5.41) is 26.0. The van der Waals surface area contributed by atoms with Crippen molar-refractivity contribution < 1.29 is 43.7 Å². The molecule has 45 heavy (non-hydrogen) atoms. The highest BCUT2D eigenvalue weighted by Crippen LogP contribution is 2.67. The summed E-state index contributed by atoms with van der Waals surface area (Å²) in [5.41, 5.74) is -0.975. The first-order valence-electron chi connectivity index (χ1n) is 16.1. The van der Waals surface area contributed by atoms with Gasteiger partial charge >= 0.3 is 11.9 Å². The zero-order chi connectivity index (χ0) is 32.6. The third kappa shape index (κ3) is 6.11. The SMILES string of the molecule is COC(=O)[C@@H](Cc1ccccc1)NC(=O)CCC(=O)OCC(=O)[C@@]1(O)CC[C@H]2[C@@H]3CCC4=CC(=O)CC[C@]4(C)[C@H]3[C@@H](O)C[C@@]21C. The fourth-order valence-corrected chi connectivity index (χ4v) is 9.16. The van der Waals surface area contributed by atoms with Crippen molar-refractivity contribution >= 4 is 29.4 Å². The van der Waals surface area contributed by atoms with Crippen LogP contribution in [0.2, 0.25) is 0 Å². The summed E-state index contributed by atoms with van der Waals surface area (Å²) in [7, 11) is 1.23. The van der Waals surface area contributed by atoms with Gasteiger partial charge in [0.05, 0.1) is 19.6 Å². The summed E-state index contributed by atoms with van der Waals surface area (Å²) >= 11 is 0. The van der Waals surface area contributed by atoms with E-state index in [1.807, 2.05) is 37.3 Å². The van der Waals surface area contributed by atoms with E-state index in [1.165, 1.54) is 7.11 Å². The molecule has 1 amide bonds. The topological polar surface area (TPSA) is 156 Å². The molecule has 1 aromatic rings. The molecule has 3 N–H and O–H groups in total. The second-order valence-corrected chi connectivity index (χ2v) is 13.9. The number of fused-ring (bicyclic) bond motifs is 5. The maximum absolute atomic E-state index is 13.5. The summed E-state index contributed by atoms with van der Waals surface area (Å²) in [6, 6.07) is 8.21. The van der Waals surface area contributed by atoms with Gasteiger partial charge in [-0.15, -0.1) is 0 Å². The second kappa shape index (κ2) is 12.8. The first-order chi connectivity index (χ1) is 21.3. The quantitative estimate of drug-likeness (QED) is 0.334. The van der Waals surface area contributed by atoms with Crippen molar-refractivity contribution in [3.05, 3.63) is 47.5 Å². The van der Waals surface area contributed by atoms with E-state index < -0.39 is 53.4 Å². The van der Waals surface area contributed by atoms with Gasteiger partial charge in [-0.25, -0.2) is 4.79 Å². The van der Waals surface area contributed by atoms with E-state index in [9.17, 15) is 34.2 Å². The van der Waals surface area contributed by atoms with Gasteiger partial charge in [0.2, 0.25) is 11.7 Å². The van der Waals surface area contributed by atoms with Crippen LogP contribution in [-0.2, 0) is 39.9 Å². The molecule has 0 saturated heterocycles. The summed E-state index contributed by atoms with van der Waals surface area (Å²) < 4.78 is 10.0. The number of hydrogen-bond donors (Lipinski definition) is 3. The molecule has 10 nitrogen and oxygen atoms in total. The van der Waals surface area contributed by atoms with Gasteiger partial charge in [-0.05, 0) is 73.3 Å². The Kier molecular flexibility index (Phi) is 9.38. The van der Waals surface area contributed by atoms with E-state index in [-0.39, 0.29) is 61.1 Å². The summed E-state index contributed by atoms with van der Waals surface area (Å²) in [6.45, 7) is 3.40. The molecule has 8 atom stereocenters. The Morgan fingerprint density at radius 1 is 1.04 bits per heavy atom. The molecule has 10 heteroatoms. The highest BCUT2D eigenvalue weighted by atomic mass is 16.5. The predicted octanol–water partition coefficient (Wildman–Crippen LogP) is 3.01. The lowest BCUT2D eigenvalue weighted by molar-refractivity contribution is -0.184. The maximum atomic E-state index is 13.5. The number of nitrogens with one attached hydrogen (secondary N) is 1. The Labute approximate surface area is 263 Å². The van der Waals surface area contributed by atoms with Crippen molar-refractivity contribution in [1.82, 2.24) is 5.32 Å². The third-order valence-electron chi connectivity index (χ3n) is 11.5. The smallest absolute Gasteiger partial charge is 0.328 e. The van der Waals surface area contributed by atoms with Crippen molar-refractivity contribution in [3.8, 4) is 0 Å². The molecule has 0 bridgehead atoms. The minimum atomic E-state index is -1.76. The van der Waals surface area contributed by atoms with Crippen molar-refractivity contribution in [2.24, 2.45) is 28.6 Å². The Bertz CT molecular complexity index is 1370. The molecule has 3 fully saturated rings. The van der Waals surface area contributed by atoms with Gasteiger partial charge in [0.25, 0.3) is 0 Å². The minimum absolute atomic E-state index is 0.00823. The number of aliphatic hydroxyl groups excluding tert-OH is 1. The molecular formula is C35H45NO9. The summed E-state index contributed by atoms with van der Waals surface area (Å²) in [5.74, 6) is -2.31. The van der Waals surface area contributed by atoms with E-state index in [4.69, 9.17) is 9.47 Å². The van der Waals surface area contributed by atoms with Crippen LogP contribution in [0.3, 0.4) is 0 Å². The van der Waals surface area contributed by atoms with Gasteiger partial charge in [0.1, 0.15) is 11.6 Å². The number of Topliss-reactive ketones (excluding diaryl/α,β-unsaturated/α-hetero) is 1. The van der Waals surface area contributed by atoms with Crippen LogP contribution in [0.15, 0.2) is 42.0 Å². The number of allylic oxidation sites excluding steroid dienone is 1. The molecule has 4 aliphatic carbocycles. The maximum Gasteiger partial charge on any atom is 0.328 e. The van der Waals surface area contributed by atoms with Crippen LogP contribution in [-0.4, -0.2) is 71.1 Å². The molecular weight excluding hydrogens is 578 g/mol. The van der Waals surface area contributed by atoms with E-state index >= 15 is 0 Å². The molecule has 0 radical (unpaired) electrons. The van der Waals surface area contributed by atoms with Crippen molar-refractivity contribution in [3.63, 3.8) is 0 Å². The number of carbonyl (C=O) groups is 5. The predicted molar refractivity (Wildman–Crippen MR) is 162 cm³/mol. The second-order valence-electron chi connectivity index (χ2n) is 13.9. The summed E-state index contributed by atoms with van der Waals surface area (Å²) in [6.07, 6.45) is 4.51. The molecule has 4 aliphatic rings. The van der Waals surface area contributed by atoms with Crippen LogP contribution in [0.1, 0.15) is 77.2 Å².